The minimum Gasteiger partial charge on any atom is -0.372 e. The van der Waals surface area contributed by atoms with Gasteiger partial charge in [-0.3, -0.25) is 4.79 Å². The maximum absolute atomic E-state index is 11.1. The Balaban J connectivity index is 3.47. The number of ether oxygens (including phenoxy) is 1. The third-order valence-electron chi connectivity index (χ3n) is 1.41. The van der Waals surface area contributed by atoms with Crippen LogP contribution in [0.4, 0.5) is 0 Å². The second kappa shape index (κ2) is 6.16. The number of nitrogens with zero attached hydrogens (tertiary/aromatic N) is 1. The zero-order valence-corrected chi connectivity index (χ0v) is 7.59. The molecule has 0 spiro atoms. The Morgan fingerprint density at radius 3 is 2.55 bits per heavy atom. The molecule has 1 amide bonds. The summed E-state index contributed by atoms with van der Waals surface area (Å²) in [5.41, 5.74) is 0. The van der Waals surface area contributed by atoms with Crippen LogP contribution in [0.5, 0.6) is 0 Å². The molecule has 0 unspecified atom stereocenters. The molecule has 3 nitrogen and oxygen atoms in total. The molecule has 0 fully saturated rings. The molecule has 0 aromatic carbocycles. The first kappa shape index (κ1) is 10.4. The van der Waals surface area contributed by atoms with Gasteiger partial charge in [0.2, 0.25) is 5.91 Å². The highest BCUT2D eigenvalue weighted by atomic mass is 16.5. The normalized spacial score (nSPS) is 9.73. The molecule has 0 heterocycles. The molecule has 0 aromatic heterocycles. The van der Waals surface area contributed by atoms with E-state index in [1.165, 1.54) is 0 Å². The van der Waals surface area contributed by atoms with E-state index in [9.17, 15) is 4.79 Å². The largest absolute Gasteiger partial charge is 0.372 e. The quantitative estimate of drug-likeness (QED) is 0.596. The summed E-state index contributed by atoms with van der Waals surface area (Å²) in [5.74, 6) is 0.0636. The Bertz CT molecular complexity index is 115. The van der Waals surface area contributed by atoms with E-state index < -0.39 is 0 Å². The number of rotatable bonds is 5. The van der Waals surface area contributed by atoms with Crippen molar-refractivity contribution in [3.63, 3.8) is 0 Å². The van der Waals surface area contributed by atoms with Crippen molar-refractivity contribution in [3.8, 4) is 0 Å². The maximum atomic E-state index is 11.1. The van der Waals surface area contributed by atoms with E-state index in [-0.39, 0.29) is 12.5 Å². The molecule has 3 heteroatoms. The summed E-state index contributed by atoms with van der Waals surface area (Å²) in [6, 6.07) is 0. The molecule has 0 rings (SSSR count). The van der Waals surface area contributed by atoms with E-state index in [2.05, 4.69) is 0 Å². The van der Waals surface area contributed by atoms with Crippen molar-refractivity contribution < 1.29 is 9.53 Å². The molecule has 0 saturated heterocycles. The van der Waals surface area contributed by atoms with Crippen molar-refractivity contribution in [2.75, 3.05) is 26.8 Å². The van der Waals surface area contributed by atoms with Crippen LogP contribution in [-0.2, 0) is 9.53 Å². The van der Waals surface area contributed by atoms with Gasteiger partial charge < -0.3 is 9.64 Å². The average molecular weight is 159 g/mol. The second-order valence-electron chi connectivity index (χ2n) is 2.45. The number of likely N-dealkylation sites (N-methyl/N-ethyl adjacent to an activating group) is 1. The molecule has 0 saturated carbocycles. The molecule has 66 valence electrons. The Morgan fingerprint density at radius 2 is 2.09 bits per heavy atom. The molecular weight excluding hydrogens is 142 g/mol. The zero-order valence-electron chi connectivity index (χ0n) is 7.59. The summed E-state index contributed by atoms with van der Waals surface area (Å²) in [7, 11) is 1.80. The van der Waals surface area contributed by atoms with Crippen LogP contribution in [0, 0.1) is 0 Å². The molecule has 0 aromatic rings. The van der Waals surface area contributed by atoms with Crippen LogP contribution < -0.4 is 0 Å². The number of hydrogen-bond donors (Lipinski definition) is 0. The smallest absolute Gasteiger partial charge is 0.248 e. The van der Waals surface area contributed by atoms with Gasteiger partial charge in [0.1, 0.15) is 6.61 Å². The standard InChI is InChI=1S/C8H17NO2/c1-4-6-9(3)8(10)7-11-5-2/h4-7H2,1-3H3. The number of hydrogen-bond acceptors (Lipinski definition) is 2. The fraction of sp³-hybridized carbons (Fsp3) is 0.875. The van der Waals surface area contributed by atoms with Crippen LogP contribution in [0.1, 0.15) is 20.3 Å². The van der Waals surface area contributed by atoms with Crippen molar-refractivity contribution in [1.29, 1.82) is 0 Å². The molecule has 0 aliphatic heterocycles. The van der Waals surface area contributed by atoms with E-state index in [4.69, 9.17) is 4.74 Å². The molecule has 11 heavy (non-hydrogen) atoms. The SMILES string of the molecule is CCCN(C)C(=O)COCC. The average Bonchev–Trinajstić information content (AvgIpc) is 2.00. The van der Waals surface area contributed by atoms with E-state index >= 15 is 0 Å². The molecule has 0 atom stereocenters. The monoisotopic (exact) mass is 159 g/mol. The summed E-state index contributed by atoms with van der Waals surface area (Å²) in [4.78, 5) is 12.8. The first-order valence-electron chi connectivity index (χ1n) is 4.04. The van der Waals surface area contributed by atoms with Crippen LogP contribution >= 0.6 is 0 Å². The molecule has 0 radical (unpaired) electrons. The van der Waals surface area contributed by atoms with Gasteiger partial charge in [-0.2, -0.15) is 0 Å². The number of carbonyl (C=O) groups is 1. The lowest BCUT2D eigenvalue weighted by molar-refractivity contribution is -0.134. The number of amides is 1. The van der Waals surface area contributed by atoms with Gasteiger partial charge in [0.15, 0.2) is 0 Å². The fourth-order valence-electron chi connectivity index (χ4n) is 0.760. The van der Waals surface area contributed by atoms with Crippen LogP contribution in [0.2, 0.25) is 0 Å². The molecule has 0 N–H and O–H groups in total. The van der Waals surface area contributed by atoms with Crippen LogP contribution in [0.15, 0.2) is 0 Å². The first-order valence-corrected chi connectivity index (χ1v) is 4.04. The van der Waals surface area contributed by atoms with E-state index in [0.29, 0.717) is 6.61 Å². The van der Waals surface area contributed by atoms with Crippen molar-refractivity contribution in [2.24, 2.45) is 0 Å². The van der Waals surface area contributed by atoms with Crippen LogP contribution in [0.3, 0.4) is 0 Å². The zero-order chi connectivity index (χ0) is 8.69. The van der Waals surface area contributed by atoms with E-state index in [1.807, 2.05) is 13.8 Å². The molecule has 0 aliphatic carbocycles. The minimum absolute atomic E-state index is 0.0636. The molecular formula is C8H17NO2. The van der Waals surface area contributed by atoms with Gasteiger partial charge in [-0.25, -0.2) is 0 Å². The molecule has 0 bridgehead atoms. The predicted molar refractivity (Wildman–Crippen MR) is 44.4 cm³/mol. The molecule has 0 aliphatic rings. The summed E-state index contributed by atoms with van der Waals surface area (Å²) < 4.78 is 4.97. The van der Waals surface area contributed by atoms with Crippen LogP contribution in [0.25, 0.3) is 0 Å². The summed E-state index contributed by atoms with van der Waals surface area (Å²) in [6.07, 6.45) is 0.994. The lowest BCUT2D eigenvalue weighted by Crippen LogP contribution is -2.30. The third-order valence-corrected chi connectivity index (χ3v) is 1.41. The first-order chi connectivity index (χ1) is 5.22. The van der Waals surface area contributed by atoms with Gasteiger partial charge in [-0.05, 0) is 13.3 Å². The van der Waals surface area contributed by atoms with Gasteiger partial charge in [0.05, 0.1) is 0 Å². The van der Waals surface area contributed by atoms with Crippen molar-refractivity contribution in [2.45, 2.75) is 20.3 Å². The van der Waals surface area contributed by atoms with Gasteiger partial charge in [-0.15, -0.1) is 0 Å². The highest BCUT2D eigenvalue weighted by Gasteiger charge is 2.05. The summed E-state index contributed by atoms with van der Waals surface area (Å²) in [6.45, 7) is 5.56. The Hall–Kier alpha value is -0.570. The third kappa shape index (κ3) is 4.79. The maximum Gasteiger partial charge on any atom is 0.248 e. The van der Waals surface area contributed by atoms with Crippen LogP contribution in [-0.4, -0.2) is 37.6 Å². The minimum atomic E-state index is 0.0636. The van der Waals surface area contributed by atoms with E-state index in [0.717, 1.165) is 13.0 Å². The Labute approximate surface area is 68.3 Å². The van der Waals surface area contributed by atoms with Crippen molar-refractivity contribution in [3.05, 3.63) is 0 Å². The van der Waals surface area contributed by atoms with Gasteiger partial charge >= 0.3 is 0 Å². The Kier molecular flexibility index (Phi) is 5.84. The highest BCUT2D eigenvalue weighted by Crippen LogP contribution is 1.88. The van der Waals surface area contributed by atoms with Crippen molar-refractivity contribution >= 4 is 5.91 Å². The summed E-state index contributed by atoms with van der Waals surface area (Å²) >= 11 is 0. The lowest BCUT2D eigenvalue weighted by Gasteiger charge is -2.15. The van der Waals surface area contributed by atoms with Crippen molar-refractivity contribution in [1.82, 2.24) is 4.90 Å². The number of carbonyl (C=O) groups excluding carboxylic acids is 1. The Morgan fingerprint density at radius 1 is 1.45 bits per heavy atom. The predicted octanol–water partition coefficient (Wildman–Crippen LogP) is 0.891. The lowest BCUT2D eigenvalue weighted by atomic mass is 10.4. The van der Waals surface area contributed by atoms with Gasteiger partial charge in [-0.1, -0.05) is 6.92 Å². The van der Waals surface area contributed by atoms with E-state index in [1.54, 1.807) is 11.9 Å². The second-order valence-corrected chi connectivity index (χ2v) is 2.45. The van der Waals surface area contributed by atoms with Gasteiger partial charge in [0, 0.05) is 20.2 Å². The highest BCUT2D eigenvalue weighted by molar-refractivity contribution is 5.77. The topological polar surface area (TPSA) is 29.5 Å². The summed E-state index contributed by atoms with van der Waals surface area (Å²) in [5, 5.41) is 0. The van der Waals surface area contributed by atoms with Gasteiger partial charge in [0.25, 0.3) is 0 Å². The fourth-order valence-corrected chi connectivity index (χ4v) is 0.760.